The molecule has 0 radical (unpaired) electrons. The lowest BCUT2D eigenvalue weighted by Gasteiger charge is -2.14. The lowest BCUT2D eigenvalue weighted by atomic mass is 9.99. The number of rotatable bonds is 3. The van der Waals surface area contributed by atoms with Crippen LogP contribution in [0.15, 0.2) is 60.7 Å². The Morgan fingerprint density at radius 3 is 2.43 bits per heavy atom. The van der Waals surface area contributed by atoms with E-state index in [9.17, 15) is 9.18 Å². The summed E-state index contributed by atoms with van der Waals surface area (Å²) in [6.45, 7) is 3.92. The van der Waals surface area contributed by atoms with Crippen molar-refractivity contribution in [2.45, 2.75) is 13.8 Å². The number of aryl methyl sites for hydroxylation is 2. The Kier molecular flexibility index (Phi) is 5.46. The van der Waals surface area contributed by atoms with E-state index in [1.165, 1.54) is 12.1 Å². The first-order valence-electron chi connectivity index (χ1n) is 9.26. The van der Waals surface area contributed by atoms with Crippen LogP contribution >= 0.6 is 23.2 Å². The Hall–Kier alpha value is -2.95. The zero-order valence-electron chi connectivity index (χ0n) is 16.3. The fraction of sp³-hybridized carbons (Fsp3) is 0.0833. The third kappa shape index (κ3) is 4.02. The molecule has 30 heavy (non-hydrogen) atoms. The molecule has 0 atom stereocenters. The van der Waals surface area contributed by atoms with E-state index in [0.717, 1.165) is 16.5 Å². The van der Waals surface area contributed by atoms with Crippen LogP contribution in [0.3, 0.4) is 0 Å². The summed E-state index contributed by atoms with van der Waals surface area (Å²) in [5.74, 6) is -0.667. The first-order chi connectivity index (χ1) is 14.3. The van der Waals surface area contributed by atoms with Crippen molar-refractivity contribution in [1.29, 1.82) is 0 Å². The fourth-order valence-electron chi connectivity index (χ4n) is 3.42. The van der Waals surface area contributed by atoms with E-state index in [4.69, 9.17) is 28.2 Å². The molecule has 1 aromatic heterocycles. The minimum absolute atomic E-state index is 0.333. The first-order valence-corrected chi connectivity index (χ1v) is 10.0. The summed E-state index contributed by atoms with van der Waals surface area (Å²) in [5, 5.41) is 4.43. The van der Waals surface area contributed by atoms with Crippen LogP contribution in [0, 0.1) is 19.7 Å². The molecule has 1 heterocycles. The number of aromatic nitrogens is 1. The molecule has 0 aliphatic heterocycles. The van der Waals surface area contributed by atoms with Crippen molar-refractivity contribution in [3.05, 3.63) is 93.2 Å². The number of anilines is 1. The molecule has 0 unspecified atom stereocenters. The van der Waals surface area contributed by atoms with Gasteiger partial charge in [-0.3, -0.25) is 4.79 Å². The maximum atomic E-state index is 13.4. The van der Waals surface area contributed by atoms with Gasteiger partial charge in [0.1, 0.15) is 5.82 Å². The molecule has 0 aliphatic carbocycles. The normalized spacial score (nSPS) is 11.0. The first kappa shape index (κ1) is 20.3. The van der Waals surface area contributed by atoms with Gasteiger partial charge in [-0.1, -0.05) is 34.8 Å². The van der Waals surface area contributed by atoms with Crippen molar-refractivity contribution in [3.63, 3.8) is 0 Å². The maximum Gasteiger partial charge on any atom is 0.256 e. The van der Waals surface area contributed by atoms with E-state index in [-0.39, 0.29) is 11.7 Å². The molecule has 4 aromatic rings. The van der Waals surface area contributed by atoms with Gasteiger partial charge in [0.05, 0.1) is 27.5 Å². The largest absolute Gasteiger partial charge is 0.321 e. The van der Waals surface area contributed by atoms with E-state index < -0.39 is 0 Å². The number of benzene rings is 3. The Bertz CT molecular complexity index is 1290. The third-order valence-electron chi connectivity index (χ3n) is 4.81. The van der Waals surface area contributed by atoms with Crippen LogP contribution in [0.5, 0.6) is 0 Å². The van der Waals surface area contributed by atoms with Gasteiger partial charge in [0, 0.05) is 16.0 Å². The monoisotopic (exact) mass is 438 g/mol. The molecule has 0 saturated carbocycles. The van der Waals surface area contributed by atoms with Crippen LogP contribution in [-0.4, -0.2) is 10.9 Å². The number of nitrogens with one attached hydrogen (secondary N) is 1. The van der Waals surface area contributed by atoms with Crippen molar-refractivity contribution in [2.24, 2.45) is 0 Å². The summed E-state index contributed by atoms with van der Waals surface area (Å²) in [5.41, 5.74) is 4.85. The summed E-state index contributed by atoms with van der Waals surface area (Å²) >= 11 is 12.3. The third-order valence-corrected chi connectivity index (χ3v) is 5.37. The number of amides is 1. The lowest BCUT2D eigenvalue weighted by molar-refractivity contribution is 0.102. The summed E-state index contributed by atoms with van der Waals surface area (Å²) in [4.78, 5) is 18.0. The average Bonchev–Trinajstić information content (AvgIpc) is 2.70. The highest BCUT2D eigenvalue weighted by molar-refractivity contribution is 6.36. The van der Waals surface area contributed by atoms with Gasteiger partial charge in [0.25, 0.3) is 5.91 Å². The summed E-state index contributed by atoms with van der Waals surface area (Å²) in [7, 11) is 0. The van der Waals surface area contributed by atoms with Crippen molar-refractivity contribution < 1.29 is 9.18 Å². The molecule has 6 heteroatoms. The Labute approximate surface area is 183 Å². The van der Waals surface area contributed by atoms with E-state index in [2.05, 4.69) is 5.32 Å². The topological polar surface area (TPSA) is 42.0 Å². The highest BCUT2D eigenvalue weighted by Crippen LogP contribution is 2.30. The number of nitrogens with zero attached hydrogens (tertiary/aromatic N) is 1. The lowest BCUT2D eigenvalue weighted by Crippen LogP contribution is -2.14. The van der Waals surface area contributed by atoms with Crippen molar-refractivity contribution in [3.8, 4) is 11.3 Å². The van der Waals surface area contributed by atoms with Gasteiger partial charge in [-0.2, -0.15) is 0 Å². The molecule has 0 fully saturated rings. The standard InChI is InChI=1S/C24H17Cl2FN2O/c1-13-9-14(2)23-18(10-13)19(12-21(28-23)15-3-6-17(27)7-4-15)24(30)29-22-11-16(25)5-8-20(22)26/h3-12H,1-2H3,(H,29,30). The smallest absolute Gasteiger partial charge is 0.256 e. The SMILES string of the molecule is Cc1cc(C)c2nc(-c3ccc(F)cc3)cc(C(=O)Nc3cc(Cl)ccc3Cl)c2c1. The number of halogens is 3. The molecule has 3 aromatic carbocycles. The van der Waals surface area contributed by atoms with Crippen LogP contribution < -0.4 is 5.32 Å². The van der Waals surface area contributed by atoms with Gasteiger partial charge in [-0.15, -0.1) is 0 Å². The molecular weight excluding hydrogens is 422 g/mol. The van der Waals surface area contributed by atoms with E-state index >= 15 is 0 Å². The van der Waals surface area contributed by atoms with Crippen LogP contribution in [0.1, 0.15) is 21.5 Å². The zero-order chi connectivity index (χ0) is 21.4. The van der Waals surface area contributed by atoms with Crippen LogP contribution in [0.25, 0.3) is 22.2 Å². The number of hydrogen-bond donors (Lipinski definition) is 1. The minimum atomic E-state index is -0.333. The minimum Gasteiger partial charge on any atom is -0.321 e. The Morgan fingerprint density at radius 2 is 1.70 bits per heavy atom. The number of hydrogen-bond acceptors (Lipinski definition) is 2. The van der Waals surface area contributed by atoms with E-state index in [1.807, 2.05) is 26.0 Å². The van der Waals surface area contributed by atoms with Gasteiger partial charge < -0.3 is 5.32 Å². The van der Waals surface area contributed by atoms with Gasteiger partial charge in [0.2, 0.25) is 0 Å². The van der Waals surface area contributed by atoms with E-state index in [0.29, 0.717) is 38.1 Å². The molecular formula is C24H17Cl2FN2O. The summed E-state index contributed by atoms with van der Waals surface area (Å²) in [6.07, 6.45) is 0. The second-order valence-electron chi connectivity index (χ2n) is 7.12. The van der Waals surface area contributed by atoms with Crippen molar-refractivity contribution in [1.82, 2.24) is 4.98 Å². The van der Waals surface area contributed by atoms with Gasteiger partial charge in [-0.05, 0) is 74.0 Å². The molecule has 0 aliphatic rings. The molecule has 1 N–H and O–H groups in total. The molecule has 0 spiro atoms. The second-order valence-corrected chi connectivity index (χ2v) is 7.96. The van der Waals surface area contributed by atoms with Crippen molar-refractivity contribution in [2.75, 3.05) is 5.32 Å². The number of carbonyl (C=O) groups is 1. The van der Waals surface area contributed by atoms with Gasteiger partial charge in [-0.25, -0.2) is 9.37 Å². The highest BCUT2D eigenvalue weighted by Gasteiger charge is 2.17. The number of carbonyl (C=O) groups excluding carboxylic acids is 1. The average molecular weight is 439 g/mol. The van der Waals surface area contributed by atoms with Gasteiger partial charge >= 0.3 is 0 Å². The highest BCUT2D eigenvalue weighted by atomic mass is 35.5. The van der Waals surface area contributed by atoms with Crippen molar-refractivity contribution >= 4 is 45.7 Å². The predicted octanol–water partition coefficient (Wildman–Crippen LogP) is 7.22. The number of pyridine rings is 1. The predicted molar refractivity (Wildman–Crippen MR) is 121 cm³/mol. The molecule has 3 nitrogen and oxygen atoms in total. The van der Waals surface area contributed by atoms with Crippen LogP contribution in [0.4, 0.5) is 10.1 Å². The molecule has 1 amide bonds. The Balaban J connectivity index is 1.89. The second kappa shape index (κ2) is 8.05. The molecule has 0 bridgehead atoms. The summed E-state index contributed by atoms with van der Waals surface area (Å²) in [6, 6.07) is 16.6. The van der Waals surface area contributed by atoms with Crippen LogP contribution in [-0.2, 0) is 0 Å². The zero-order valence-corrected chi connectivity index (χ0v) is 17.8. The Morgan fingerprint density at radius 1 is 0.967 bits per heavy atom. The fourth-order valence-corrected chi connectivity index (χ4v) is 3.76. The number of fused-ring (bicyclic) bond motifs is 1. The van der Waals surface area contributed by atoms with E-state index in [1.54, 1.807) is 36.4 Å². The van der Waals surface area contributed by atoms with Crippen LogP contribution in [0.2, 0.25) is 10.0 Å². The quantitative estimate of drug-likeness (QED) is 0.366. The van der Waals surface area contributed by atoms with Gasteiger partial charge in [0.15, 0.2) is 0 Å². The molecule has 0 saturated heterocycles. The molecule has 4 rings (SSSR count). The maximum absolute atomic E-state index is 13.4. The molecule has 150 valence electrons. The summed E-state index contributed by atoms with van der Waals surface area (Å²) < 4.78 is 13.4.